The van der Waals surface area contributed by atoms with E-state index in [0.717, 1.165) is 22.6 Å². The van der Waals surface area contributed by atoms with Crippen LogP contribution in [0.5, 0.6) is 11.5 Å². The van der Waals surface area contributed by atoms with Gasteiger partial charge in [-0.3, -0.25) is 4.79 Å². The molecule has 7 nitrogen and oxygen atoms in total. The number of nitrogens with zero attached hydrogens (tertiary/aromatic N) is 3. The van der Waals surface area contributed by atoms with Crippen LogP contribution < -0.4 is 14.8 Å². The third kappa shape index (κ3) is 5.58. The van der Waals surface area contributed by atoms with Crippen molar-refractivity contribution in [1.82, 2.24) is 14.8 Å². The number of amides is 1. The molecule has 0 bridgehead atoms. The highest BCUT2D eigenvalue weighted by Gasteiger charge is 2.20. The lowest BCUT2D eigenvalue weighted by molar-refractivity contribution is -0.115. The molecule has 0 aliphatic carbocycles. The maximum atomic E-state index is 13.0. The standard InChI is InChI=1S/C26H26N4O3S/c1-18(25(31)27-23-12-8-7-11-22(23)19-9-5-4-6-10-19)34-26-29-28-24(30(26)2)17-33-21-15-13-20(32-3)14-16-21/h4-16,18H,17H2,1-3H3,(H,27,31)/t18-/m1/s1. The van der Waals surface area contributed by atoms with E-state index in [4.69, 9.17) is 9.47 Å². The highest BCUT2D eigenvalue weighted by atomic mass is 32.2. The molecular weight excluding hydrogens is 448 g/mol. The average Bonchev–Trinajstić information content (AvgIpc) is 3.22. The third-order valence-electron chi connectivity index (χ3n) is 5.27. The number of benzene rings is 3. The molecule has 1 amide bonds. The van der Waals surface area contributed by atoms with Crippen LogP contribution in [0.15, 0.2) is 84.0 Å². The van der Waals surface area contributed by atoms with Gasteiger partial charge in [-0.2, -0.15) is 0 Å². The molecule has 8 heteroatoms. The van der Waals surface area contributed by atoms with Crippen molar-refractivity contribution >= 4 is 23.4 Å². The topological polar surface area (TPSA) is 78.3 Å². The zero-order chi connectivity index (χ0) is 23.9. The Balaban J connectivity index is 1.38. The first-order valence-corrected chi connectivity index (χ1v) is 11.7. The van der Waals surface area contributed by atoms with E-state index < -0.39 is 0 Å². The Labute approximate surface area is 203 Å². The first kappa shape index (κ1) is 23.4. The fourth-order valence-corrected chi connectivity index (χ4v) is 4.13. The van der Waals surface area contributed by atoms with Gasteiger partial charge in [0.2, 0.25) is 5.91 Å². The van der Waals surface area contributed by atoms with Crippen LogP contribution in [0.25, 0.3) is 11.1 Å². The van der Waals surface area contributed by atoms with Gasteiger partial charge in [-0.15, -0.1) is 10.2 Å². The SMILES string of the molecule is COc1ccc(OCc2nnc(S[C@H](C)C(=O)Nc3ccccc3-c3ccccc3)n2C)cc1. The maximum Gasteiger partial charge on any atom is 0.237 e. The molecule has 174 valence electrons. The molecule has 0 aliphatic heterocycles. The number of anilines is 1. The summed E-state index contributed by atoms with van der Waals surface area (Å²) in [6.07, 6.45) is 0. The molecule has 1 heterocycles. The van der Waals surface area contributed by atoms with E-state index in [1.807, 2.05) is 97.4 Å². The van der Waals surface area contributed by atoms with Crippen LogP contribution in [0.3, 0.4) is 0 Å². The Morgan fingerprint density at radius 2 is 1.65 bits per heavy atom. The minimum Gasteiger partial charge on any atom is -0.497 e. The maximum absolute atomic E-state index is 13.0. The number of hydrogen-bond acceptors (Lipinski definition) is 6. The number of nitrogens with one attached hydrogen (secondary N) is 1. The normalized spacial score (nSPS) is 11.6. The minimum atomic E-state index is -0.373. The molecule has 0 aliphatic rings. The van der Waals surface area contributed by atoms with E-state index in [2.05, 4.69) is 15.5 Å². The van der Waals surface area contributed by atoms with Crippen molar-refractivity contribution in [2.75, 3.05) is 12.4 Å². The van der Waals surface area contributed by atoms with Crippen LogP contribution in [-0.4, -0.2) is 33.0 Å². The Kier molecular flexibility index (Phi) is 7.49. The van der Waals surface area contributed by atoms with Gasteiger partial charge >= 0.3 is 0 Å². The van der Waals surface area contributed by atoms with E-state index in [1.165, 1.54) is 11.8 Å². The van der Waals surface area contributed by atoms with Crippen molar-refractivity contribution in [2.24, 2.45) is 7.05 Å². The second kappa shape index (κ2) is 10.9. The summed E-state index contributed by atoms with van der Waals surface area (Å²) >= 11 is 1.35. The number of ether oxygens (including phenoxy) is 2. The van der Waals surface area contributed by atoms with Crippen LogP contribution in [0, 0.1) is 0 Å². The van der Waals surface area contributed by atoms with Gasteiger partial charge in [-0.25, -0.2) is 0 Å². The Hall–Kier alpha value is -3.78. The smallest absolute Gasteiger partial charge is 0.237 e. The molecular formula is C26H26N4O3S. The first-order chi connectivity index (χ1) is 16.5. The zero-order valence-electron chi connectivity index (χ0n) is 19.3. The molecule has 34 heavy (non-hydrogen) atoms. The molecule has 4 rings (SSSR count). The van der Waals surface area contributed by atoms with Gasteiger partial charge in [0.25, 0.3) is 0 Å². The monoisotopic (exact) mass is 474 g/mol. The second-order valence-corrected chi connectivity index (χ2v) is 8.89. The van der Waals surface area contributed by atoms with Crippen molar-refractivity contribution in [2.45, 2.75) is 23.9 Å². The van der Waals surface area contributed by atoms with E-state index in [0.29, 0.717) is 16.7 Å². The summed E-state index contributed by atoms with van der Waals surface area (Å²) in [5, 5.41) is 11.8. The Morgan fingerprint density at radius 3 is 2.38 bits per heavy atom. The van der Waals surface area contributed by atoms with Gasteiger partial charge < -0.3 is 19.4 Å². The van der Waals surface area contributed by atoms with Gasteiger partial charge in [-0.1, -0.05) is 60.3 Å². The van der Waals surface area contributed by atoms with Crippen molar-refractivity contribution in [3.8, 4) is 22.6 Å². The first-order valence-electron chi connectivity index (χ1n) is 10.8. The van der Waals surface area contributed by atoms with E-state index in [9.17, 15) is 4.79 Å². The number of rotatable bonds is 9. The lowest BCUT2D eigenvalue weighted by Gasteiger charge is -2.15. The van der Waals surface area contributed by atoms with E-state index in [-0.39, 0.29) is 17.8 Å². The highest BCUT2D eigenvalue weighted by molar-refractivity contribution is 8.00. The third-order valence-corrected chi connectivity index (χ3v) is 6.41. The average molecular weight is 475 g/mol. The summed E-state index contributed by atoms with van der Waals surface area (Å²) in [6.45, 7) is 2.12. The summed E-state index contributed by atoms with van der Waals surface area (Å²) in [5.41, 5.74) is 2.80. The molecule has 1 N–H and O–H groups in total. The number of thioether (sulfide) groups is 1. The second-order valence-electron chi connectivity index (χ2n) is 7.58. The number of carbonyl (C=O) groups excluding carboxylic acids is 1. The summed E-state index contributed by atoms with van der Waals surface area (Å²) in [4.78, 5) is 13.0. The number of aromatic nitrogens is 3. The molecule has 1 aromatic heterocycles. The van der Waals surface area contributed by atoms with Gasteiger partial charge in [-0.05, 0) is 42.8 Å². The predicted octanol–water partition coefficient (Wildman–Crippen LogP) is 5.19. The van der Waals surface area contributed by atoms with Gasteiger partial charge in [0.1, 0.15) is 18.1 Å². The molecule has 0 saturated heterocycles. The van der Waals surface area contributed by atoms with Gasteiger partial charge in [0.05, 0.1) is 12.4 Å². The molecule has 0 radical (unpaired) electrons. The molecule has 0 unspecified atom stereocenters. The van der Waals surface area contributed by atoms with Crippen molar-refractivity contribution in [3.05, 3.63) is 84.7 Å². The largest absolute Gasteiger partial charge is 0.497 e. The van der Waals surface area contributed by atoms with Crippen LogP contribution in [0.2, 0.25) is 0 Å². The van der Waals surface area contributed by atoms with Crippen LogP contribution in [0.4, 0.5) is 5.69 Å². The Morgan fingerprint density at radius 1 is 0.971 bits per heavy atom. The zero-order valence-corrected chi connectivity index (χ0v) is 20.1. The summed E-state index contributed by atoms with van der Waals surface area (Å²) < 4.78 is 12.8. The quantitative estimate of drug-likeness (QED) is 0.337. The van der Waals surface area contributed by atoms with E-state index in [1.54, 1.807) is 7.11 Å². The lowest BCUT2D eigenvalue weighted by atomic mass is 10.0. The summed E-state index contributed by atoms with van der Waals surface area (Å²) in [5.74, 6) is 2.04. The molecule has 4 aromatic rings. The lowest BCUT2D eigenvalue weighted by Crippen LogP contribution is -2.23. The van der Waals surface area contributed by atoms with Crippen LogP contribution >= 0.6 is 11.8 Å². The summed E-state index contributed by atoms with van der Waals surface area (Å²) in [7, 11) is 3.49. The fourth-order valence-electron chi connectivity index (χ4n) is 3.30. The minimum absolute atomic E-state index is 0.104. The van der Waals surface area contributed by atoms with Crippen molar-refractivity contribution in [1.29, 1.82) is 0 Å². The molecule has 0 saturated carbocycles. The Bertz CT molecular complexity index is 1240. The molecule has 0 spiro atoms. The van der Waals surface area contributed by atoms with Crippen LogP contribution in [0.1, 0.15) is 12.7 Å². The van der Waals surface area contributed by atoms with Crippen molar-refractivity contribution < 1.29 is 14.3 Å². The van der Waals surface area contributed by atoms with Gasteiger partial charge in [0.15, 0.2) is 11.0 Å². The molecule has 3 aromatic carbocycles. The number of hydrogen-bond donors (Lipinski definition) is 1. The number of methoxy groups -OCH3 is 1. The molecule has 1 atom stereocenters. The summed E-state index contributed by atoms with van der Waals surface area (Å²) in [6, 6.07) is 25.1. The number of carbonyl (C=O) groups is 1. The van der Waals surface area contributed by atoms with Crippen LogP contribution in [-0.2, 0) is 18.4 Å². The number of para-hydroxylation sites is 1. The van der Waals surface area contributed by atoms with Gasteiger partial charge in [0, 0.05) is 18.3 Å². The van der Waals surface area contributed by atoms with Crippen molar-refractivity contribution in [3.63, 3.8) is 0 Å². The highest BCUT2D eigenvalue weighted by Crippen LogP contribution is 2.29. The fraction of sp³-hybridized carbons (Fsp3) is 0.192. The molecule has 0 fully saturated rings. The van der Waals surface area contributed by atoms with E-state index >= 15 is 0 Å². The predicted molar refractivity (Wildman–Crippen MR) is 134 cm³/mol.